The summed E-state index contributed by atoms with van der Waals surface area (Å²) in [5.41, 5.74) is 2.54. The van der Waals surface area contributed by atoms with Gasteiger partial charge >= 0.3 is 12.6 Å². The molecule has 0 unspecified atom stereocenters. The molecule has 42 heavy (non-hydrogen) atoms. The Morgan fingerprint density at radius 3 is 2.21 bits per heavy atom. The molecule has 0 atom stereocenters. The summed E-state index contributed by atoms with van der Waals surface area (Å²) in [6.07, 6.45) is -5.07. The van der Waals surface area contributed by atoms with Crippen LogP contribution in [0.4, 0.5) is 27.6 Å². The number of halogens is 5. The molecule has 1 saturated carbocycles. The van der Waals surface area contributed by atoms with Crippen LogP contribution >= 0.6 is 0 Å². The number of anilines is 1. The molecule has 0 N–H and O–H groups in total. The van der Waals surface area contributed by atoms with E-state index in [1.54, 1.807) is 36.4 Å². The third-order valence-corrected chi connectivity index (χ3v) is 10.6. The standard InChI is InChI=1S/C29H33F5N4O3S/c1-19-3-2-4-24(17-19)38(18-20-5-7-21(8-6-20)27-35-36-28(41-27)26(30)31)42(39,40)25-13-15-37(16-14-25)23-11-9-22(10-12-23)29(32,33)34/h2-8,17,22-23,25-26H,9-16,18H2,1H3/t22-,23-. The lowest BCUT2D eigenvalue weighted by atomic mass is 9.84. The van der Waals surface area contributed by atoms with E-state index in [1.807, 2.05) is 19.1 Å². The largest absolute Gasteiger partial charge is 0.415 e. The van der Waals surface area contributed by atoms with E-state index in [4.69, 9.17) is 4.42 Å². The minimum atomic E-state index is -4.16. The molecule has 13 heteroatoms. The van der Waals surface area contributed by atoms with Gasteiger partial charge in [-0.2, -0.15) is 22.0 Å². The zero-order valence-corrected chi connectivity index (χ0v) is 23.9. The van der Waals surface area contributed by atoms with Gasteiger partial charge in [-0.05, 0) is 93.9 Å². The third kappa shape index (κ3) is 6.77. The molecule has 1 saturated heterocycles. The lowest BCUT2D eigenvalue weighted by molar-refractivity contribution is -0.184. The van der Waals surface area contributed by atoms with Gasteiger partial charge < -0.3 is 9.32 Å². The Bertz CT molecular complexity index is 1450. The van der Waals surface area contributed by atoms with Crippen LogP contribution < -0.4 is 4.31 Å². The second kappa shape index (κ2) is 12.3. The maximum Gasteiger partial charge on any atom is 0.391 e. The van der Waals surface area contributed by atoms with Crippen molar-refractivity contribution in [3.05, 3.63) is 65.5 Å². The van der Waals surface area contributed by atoms with Crippen molar-refractivity contribution in [2.75, 3.05) is 17.4 Å². The first-order valence-electron chi connectivity index (χ1n) is 14.0. The second-order valence-electron chi connectivity index (χ2n) is 11.1. The number of rotatable bonds is 8. The number of aryl methyl sites for hydroxylation is 1. The molecular formula is C29H33F5N4O3S. The van der Waals surface area contributed by atoms with E-state index in [1.165, 1.54) is 4.31 Å². The van der Waals surface area contributed by atoms with Crippen LogP contribution in [0.3, 0.4) is 0 Å². The first-order chi connectivity index (χ1) is 19.9. The van der Waals surface area contributed by atoms with Crippen molar-refractivity contribution in [3.8, 4) is 11.5 Å². The molecule has 0 bridgehead atoms. The molecule has 0 radical (unpaired) electrons. The smallest absolute Gasteiger partial charge is 0.391 e. The topological polar surface area (TPSA) is 79.5 Å². The van der Waals surface area contributed by atoms with Crippen molar-refractivity contribution in [1.29, 1.82) is 0 Å². The summed E-state index contributed by atoms with van der Waals surface area (Å²) in [6.45, 7) is 2.98. The van der Waals surface area contributed by atoms with Gasteiger partial charge in [-0.3, -0.25) is 4.31 Å². The Morgan fingerprint density at radius 2 is 1.64 bits per heavy atom. The molecule has 1 aliphatic carbocycles. The van der Waals surface area contributed by atoms with Gasteiger partial charge in [0.25, 0.3) is 5.89 Å². The molecule has 0 spiro atoms. The average molecular weight is 613 g/mol. The molecule has 7 nitrogen and oxygen atoms in total. The van der Waals surface area contributed by atoms with Crippen LogP contribution in [0.1, 0.15) is 62.0 Å². The maximum absolute atomic E-state index is 14.1. The van der Waals surface area contributed by atoms with Gasteiger partial charge in [-0.1, -0.05) is 24.3 Å². The van der Waals surface area contributed by atoms with Gasteiger partial charge in [-0.25, -0.2) is 8.42 Å². The Morgan fingerprint density at radius 1 is 0.976 bits per heavy atom. The highest BCUT2D eigenvalue weighted by Gasteiger charge is 2.43. The van der Waals surface area contributed by atoms with E-state index in [2.05, 4.69) is 15.1 Å². The molecular weight excluding hydrogens is 579 g/mol. The number of alkyl halides is 5. The van der Waals surface area contributed by atoms with Crippen LogP contribution in [0.2, 0.25) is 0 Å². The van der Waals surface area contributed by atoms with Gasteiger partial charge in [0.05, 0.1) is 23.4 Å². The highest BCUT2D eigenvalue weighted by molar-refractivity contribution is 7.93. The Hall–Kier alpha value is -3.06. The summed E-state index contributed by atoms with van der Waals surface area (Å²) < 4.78 is 99.5. The maximum atomic E-state index is 14.1. The second-order valence-corrected chi connectivity index (χ2v) is 13.3. The molecule has 228 valence electrons. The minimum Gasteiger partial charge on any atom is -0.415 e. The normalized spacial score (nSPS) is 21.1. The van der Waals surface area contributed by atoms with E-state index in [0.717, 1.165) is 5.56 Å². The van der Waals surface area contributed by atoms with Crippen LogP contribution in [0, 0.1) is 12.8 Å². The van der Waals surface area contributed by atoms with Gasteiger partial charge in [0.2, 0.25) is 15.9 Å². The van der Waals surface area contributed by atoms with Crippen molar-refractivity contribution in [2.24, 2.45) is 5.92 Å². The van der Waals surface area contributed by atoms with Gasteiger partial charge in [0, 0.05) is 11.6 Å². The molecule has 5 rings (SSSR count). The number of hydrogen-bond acceptors (Lipinski definition) is 6. The first kappa shape index (κ1) is 30.4. The summed E-state index contributed by atoms with van der Waals surface area (Å²) in [5.74, 6) is -2.07. The summed E-state index contributed by atoms with van der Waals surface area (Å²) in [7, 11) is -3.81. The fourth-order valence-corrected chi connectivity index (χ4v) is 7.86. The summed E-state index contributed by atoms with van der Waals surface area (Å²) >= 11 is 0. The Kier molecular flexibility index (Phi) is 8.89. The van der Waals surface area contributed by atoms with E-state index >= 15 is 0 Å². The van der Waals surface area contributed by atoms with E-state index in [9.17, 15) is 30.4 Å². The average Bonchev–Trinajstić information content (AvgIpc) is 3.47. The van der Waals surface area contributed by atoms with Crippen molar-refractivity contribution in [2.45, 2.75) is 75.9 Å². The van der Waals surface area contributed by atoms with Gasteiger partial charge in [0.15, 0.2) is 0 Å². The van der Waals surface area contributed by atoms with Crippen molar-refractivity contribution in [3.63, 3.8) is 0 Å². The molecule has 1 aromatic heterocycles. The Balaban J connectivity index is 1.29. The molecule has 1 aliphatic heterocycles. The van der Waals surface area contributed by atoms with E-state index < -0.39 is 39.7 Å². The lowest BCUT2D eigenvalue weighted by Gasteiger charge is -2.41. The number of benzene rings is 2. The zero-order valence-electron chi connectivity index (χ0n) is 23.1. The predicted octanol–water partition coefficient (Wildman–Crippen LogP) is 6.90. The fraction of sp³-hybridized carbons (Fsp3) is 0.517. The monoisotopic (exact) mass is 612 g/mol. The van der Waals surface area contributed by atoms with Crippen LogP contribution in [-0.4, -0.2) is 54.1 Å². The molecule has 3 aromatic rings. The number of nitrogens with zero attached hydrogens (tertiary/aromatic N) is 4. The van der Waals surface area contributed by atoms with Gasteiger partial charge in [0.1, 0.15) is 0 Å². The highest BCUT2D eigenvalue weighted by atomic mass is 32.2. The Labute approximate surface area is 241 Å². The third-order valence-electron chi connectivity index (χ3n) is 8.33. The van der Waals surface area contributed by atoms with Crippen LogP contribution in [0.15, 0.2) is 52.9 Å². The van der Waals surface area contributed by atoms with Crippen LogP contribution in [0.5, 0.6) is 0 Å². The quantitative estimate of drug-likeness (QED) is 0.258. The first-order valence-corrected chi connectivity index (χ1v) is 15.5. The number of likely N-dealkylation sites (tertiary alicyclic amines) is 1. The van der Waals surface area contributed by atoms with E-state index in [0.29, 0.717) is 55.6 Å². The highest BCUT2D eigenvalue weighted by Crippen LogP contribution is 2.39. The summed E-state index contributed by atoms with van der Waals surface area (Å²) in [4.78, 5) is 2.16. The van der Waals surface area contributed by atoms with Crippen molar-refractivity contribution < 1.29 is 34.8 Å². The summed E-state index contributed by atoms with van der Waals surface area (Å²) in [5, 5.41) is 6.36. The molecule has 2 aromatic carbocycles. The summed E-state index contributed by atoms with van der Waals surface area (Å²) in [6, 6.07) is 13.9. The van der Waals surface area contributed by atoms with Crippen LogP contribution in [0.25, 0.3) is 11.5 Å². The lowest BCUT2D eigenvalue weighted by Crippen LogP contribution is -2.49. The van der Waals surface area contributed by atoms with Gasteiger partial charge in [-0.15, -0.1) is 10.2 Å². The SMILES string of the molecule is Cc1cccc(N(Cc2ccc(-c3nnc(C(F)F)o3)cc2)S(=O)(=O)C2CCN([C@H]3CC[C@H](C(F)(F)F)CC3)CC2)c1. The molecule has 2 fully saturated rings. The molecule has 0 amide bonds. The van der Waals surface area contributed by atoms with Crippen LogP contribution in [-0.2, 0) is 16.6 Å². The molecule has 2 heterocycles. The van der Waals surface area contributed by atoms with Crippen molar-refractivity contribution >= 4 is 15.7 Å². The predicted molar refractivity (Wildman–Crippen MR) is 147 cm³/mol. The number of piperidine rings is 1. The van der Waals surface area contributed by atoms with E-state index in [-0.39, 0.29) is 31.3 Å². The zero-order chi connectivity index (χ0) is 30.1. The number of hydrogen-bond donors (Lipinski definition) is 0. The van der Waals surface area contributed by atoms with Crippen molar-refractivity contribution in [1.82, 2.24) is 15.1 Å². The number of aromatic nitrogens is 2. The minimum absolute atomic E-state index is 0.0502. The fourth-order valence-electron chi connectivity index (χ4n) is 5.96. The molecule has 2 aliphatic rings. The number of sulfonamides is 1.